The van der Waals surface area contributed by atoms with Crippen LogP contribution in [0.25, 0.3) is 0 Å². The standard InChI is InChI=1S/C4H5F3NO/c1-2(9)8-4(7)3(5)6/h4H,1H3,(H,8,9). The molecule has 0 bridgehead atoms. The molecule has 1 N–H and O–H groups in total. The first-order chi connectivity index (χ1) is 4.04. The van der Waals surface area contributed by atoms with Crippen molar-refractivity contribution in [2.75, 3.05) is 0 Å². The van der Waals surface area contributed by atoms with Gasteiger partial charge in [0.25, 0.3) is 0 Å². The molecule has 0 saturated heterocycles. The third-order valence-electron chi connectivity index (χ3n) is 0.522. The lowest BCUT2D eigenvalue weighted by atomic mass is 10.6. The van der Waals surface area contributed by atoms with Gasteiger partial charge < -0.3 is 5.32 Å². The zero-order chi connectivity index (χ0) is 7.44. The third-order valence-corrected chi connectivity index (χ3v) is 0.522. The lowest BCUT2D eigenvalue weighted by molar-refractivity contribution is -0.121. The Bertz CT molecular complexity index is 106. The second-order valence-corrected chi connectivity index (χ2v) is 1.35. The van der Waals surface area contributed by atoms with Gasteiger partial charge in [0.2, 0.25) is 12.2 Å². The molecule has 1 unspecified atom stereocenters. The molecule has 1 atom stereocenters. The van der Waals surface area contributed by atoms with Crippen molar-refractivity contribution in [3.63, 3.8) is 0 Å². The summed E-state index contributed by atoms with van der Waals surface area (Å²) in [4.78, 5) is 9.86. The summed E-state index contributed by atoms with van der Waals surface area (Å²) in [6, 6.07) is 0. The molecule has 53 valence electrons. The summed E-state index contributed by atoms with van der Waals surface area (Å²) >= 11 is 0. The largest absolute Gasteiger partial charge is 0.363 e. The van der Waals surface area contributed by atoms with Crippen LogP contribution in [0.3, 0.4) is 0 Å². The minimum absolute atomic E-state index is 0.824. The van der Waals surface area contributed by atoms with E-state index in [2.05, 4.69) is 0 Å². The van der Waals surface area contributed by atoms with Gasteiger partial charge in [-0.2, -0.15) is 8.78 Å². The number of hydrogen-bond acceptors (Lipinski definition) is 1. The molecule has 0 spiro atoms. The van der Waals surface area contributed by atoms with Gasteiger partial charge in [-0.3, -0.25) is 4.79 Å². The van der Waals surface area contributed by atoms with E-state index in [9.17, 15) is 18.0 Å². The van der Waals surface area contributed by atoms with Crippen LogP contribution in [0.5, 0.6) is 0 Å². The number of carbonyl (C=O) groups is 1. The van der Waals surface area contributed by atoms with Crippen molar-refractivity contribution in [1.82, 2.24) is 5.32 Å². The summed E-state index contributed by atoms with van der Waals surface area (Å²) in [5.74, 6) is -0.824. The Labute approximate surface area is 50.0 Å². The van der Waals surface area contributed by atoms with Crippen molar-refractivity contribution in [1.29, 1.82) is 0 Å². The average Bonchev–Trinajstić information content (AvgIpc) is 1.63. The van der Waals surface area contributed by atoms with E-state index in [-0.39, 0.29) is 0 Å². The summed E-state index contributed by atoms with van der Waals surface area (Å²) in [5, 5.41) is 1.35. The maximum absolute atomic E-state index is 11.7. The highest BCUT2D eigenvalue weighted by molar-refractivity contribution is 5.73. The van der Waals surface area contributed by atoms with Gasteiger partial charge in [-0.1, -0.05) is 0 Å². The van der Waals surface area contributed by atoms with Crippen molar-refractivity contribution in [3.8, 4) is 0 Å². The fourth-order valence-corrected chi connectivity index (χ4v) is 0.233. The SMILES string of the molecule is CC(=O)NC(F)[C](F)F. The molecule has 0 aliphatic rings. The summed E-state index contributed by atoms with van der Waals surface area (Å²) < 4.78 is 33.9. The second-order valence-electron chi connectivity index (χ2n) is 1.35. The molecule has 1 amide bonds. The zero-order valence-electron chi connectivity index (χ0n) is 4.62. The Kier molecular flexibility index (Phi) is 3.05. The minimum Gasteiger partial charge on any atom is -0.322 e. The summed E-state index contributed by atoms with van der Waals surface area (Å²) in [5.41, 5.74) is 0. The molecule has 0 aliphatic heterocycles. The normalized spacial score (nSPS) is 13.4. The molecule has 2 nitrogen and oxygen atoms in total. The number of amides is 1. The molecule has 0 rings (SSSR count). The van der Waals surface area contributed by atoms with Crippen LogP contribution in [0, 0.1) is 6.43 Å². The Hall–Kier alpha value is -0.740. The highest BCUT2D eigenvalue weighted by Crippen LogP contribution is 2.09. The summed E-state index contributed by atoms with van der Waals surface area (Å²) in [7, 11) is 0. The molecule has 9 heavy (non-hydrogen) atoms. The average molecular weight is 140 g/mol. The fourth-order valence-electron chi connectivity index (χ4n) is 0.233. The highest BCUT2D eigenvalue weighted by Gasteiger charge is 2.21. The van der Waals surface area contributed by atoms with E-state index in [0.717, 1.165) is 6.92 Å². The molecule has 0 aromatic carbocycles. The quantitative estimate of drug-likeness (QED) is 0.566. The van der Waals surface area contributed by atoms with Gasteiger partial charge in [0.05, 0.1) is 0 Å². The van der Waals surface area contributed by atoms with E-state index in [0.29, 0.717) is 0 Å². The van der Waals surface area contributed by atoms with Gasteiger partial charge in [-0.05, 0) is 0 Å². The first kappa shape index (κ1) is 8.26. The van der Waals surface area contributed by atoms with Gasteiger partial charge in [-0.15, -0.1) is 0 Å². The van der Waals surface area contributed by atoms with Crippen LogP contribution in [0.15, 0.2) is 0 Å². The Morgan fingerprint density at radius 2 is 2.00 bits per heavy atom. The smallest absolute Gasteiger partial charge is 0.322 e. The monoisotopic (exact) mass is 140 g/mol. The van der Waals surface area contributed by atoms with Gasteiger partial charge in [-0.25, -0.2) is 4.39 Å². The first-order valence-electron chi connectivity index (χ1n) is 2.13. The lowest BCUT2D eigenvalue weighted by Crippen LogP contribution is -2.31. The molecule has 5 heteroatoms. The second kappa shape index (κ2) is 3.32. The van der Waals surface area contributed by atoms with E-state index in [4.69, 9.17) is 0 Å². The fraction of sp³-hybridized carbons (Fsp3) is 0.500. The van der Waals surface area contributed by atoms with E-state index in [1.807, 2.05) is 0 Å². The number of carbonyl (C=O) groups excluding carboxylic acids is 1. The number of rotatable bonds is 2. The molecule has 0 saturated carbocycles. The number of hydrogen-bond donors (Lipinski definition) is 1. The van der Waals surface area contributed by atoms with Crippen molar-refractivity contribution < 1.29 is 18.0 Å². The van der Waals surface area contributed by atoms with Crippen molar-refractivity contribution >= 4 is 5.91 Å². The first-order valence-corrected chi connectivity index (χ1v) is 2.13. The highest BCUT2D eigenvalue weighted by atomic mass is 19.3. The zero-order valence-corrected chi connectivity index (χ0v) is 4.62. The van der Waals surface area contributed by atoms with Crippen molar-refractivity contribution in [2.45, 2.75) is 13.2 Å². The van der Waals surface area contributed by atoms with Crippen LogP contribution in [0.1, 0.15) is 6.92 Å². The minimum atomic E-state index is -2.62. The topological polar surface area (TPSA) is 29.1 Å². The molecule has 0 aromatic rings. The number of halogens is 3. The molecule has 0 aliphatic carbocycles. The summed E-state index contributed by atoms with van der Waals surface area (Å²) in [6.07, 6.45) is -5.06. The number of nitrogens with one attached hydrogen (secondary N) is 1. The van der Waals surface area contributed by atoms with Gasteiger partial charge in [0.1, 0.15) is 0 Å². The molecule has 0 fully saturated rings. The van der Waals surface area contributed by atoms with E-state index >= 15 is 0 Å². The van der Waals surface area contributed by atoms with E-state index < -0.39 is 18.6 Å². The summed E-state index contributed by atoms with van der Waals surface area (Å²) in [6.45, 7) is 0.954. The number of alkyl halides is 1. The predicted molar refractivity (Wildman–Crippen MR) is 24.2 cm³/mol. The van der Waals surface area contributed by atoms with Crippen molar-refractivity contribution in [3.05, 3.63) is 6.43 Å². The Morgan fingerprint density at radius 3 is 2.11 bits per heavy atom. The van der Waals surface area contributed by atoms with Crippen LogP contribution in [0.2, 0.25) is 0 Å². The Morgan fingerprint density at radius 1 is 1.56 bits per heavy atom. The maximum atomic E-state index is 11.7. The van der Waals surface area contributed by atoms with Crippen molar-refractivity contribution in [2.24, 2.45) is 0 Å². The molecule has 0 aromatic heterocycles. The van der Waals surface area contributed by atoms with Gasteiger partial charge >= 0.3 is 6.43 Å². The van der Waals surface area contributed by atoms with Gasteiger partial charge in [0, 0.05) is 6.92 Å². The van der Waals surface area contributed by atoms with Crippen LogP contribution >= 0.6 is 0 Å². The van der Waals surface area contributed by atoms with Crippen LogP contribution in [-0.4, -0.2) is 12.2 Å². The van der Waals surface area contributed by atoms with E-state index in [1.165, 1.54) is 5.32 Å². The molecular formula is C4H5F3NO. The Balaban J connectivity index is 3.50. The van der Waals surface area contributed by atoms with Crippen LogP contribution in [0.4, 0.5) is 13.2 Å². The van der Waals surface area contributed by atoms with Crippen LogP contribution in [-0.2, 0) is 4.79 Å². The molecule has 0 heterocycles. The lowest BCUT2D eigenvalue weighted by Gasteiger charge is -2.03. The predicted octanol–water partition coefficient (Wildman–Crippen LogP) is 0.847. The van der Waals surface area contributed by atoms with Crippen LogP contribution < -0.4 is 5.32 Å². The molecular weight excluding hydrogens is 135 g/mol. The van der Waals surface area contributed by atoms with Gasteiger partial charge in [0.15, 0.2) is 0 Å². The molecule has 1 radical (unpaired) electrons. The van der Waals surface area contributed by atoms with E-state index in [1.54, 1.807) is 0 Å². The maximum Gasteiger partial charge on any atom is 0.363 e. The third kappa shape index (κ3) is 3.81.